The van der Waals surface area contributed by atoms with Crippen LogP contribution in [0.2, 0.25) is 10.0 Å². The number of rotatable bonds is 4. The lowest BCUT2D eigenvalue weighted by molar-refractivity contribution is 0.209. The van der Waals surface area contributed by atoms with Crippen molar-refractivity contribution in [3.8, 4) is 5.75 Å². The van der Waals surface area contributed by atoms with Crippen molar-refractivity contribution in [3.63, 3.8) is 0 Å². The SMILES string of the molecule is Oc1c([C@H](c2ccc(Cl)cc2)N2CCN(c3ccc(F)cc3)CC2)cc(Cl)c2cccnc12. The molecule has 1 saturated heterocycles. The molecule has 1 fully saturated rings. The molecular weight excluding hydrogens is 460 g/mol. The van der Waals surface area contributed by atoms with Gasteiger partial charge in [-0.2, -0.15) is 0 Å². The molecule has 0 spiro atoms. The molecule has 3 aromatic carbocycles. The first-order valence-electron chi connectivity index (χ1n) is 10.8. The number of hydrogen-bond donors (Lipinski definition) is 1. The highest BCUT2D eigenvalue weighted by atomic mass is 35.5. The van der Waals surface area contributed by atoms with Gasteiger partial charge >= 0.3 is 0 Å². The van der Waals surface area contributed by atoms with Crippen LogP contribution in [0.5, 0.6) is 5.75 Å². The number of hydrogen-bond acceptors (Lipinski definition) is 4. The predicted octanol–water partition coefficient (Wildman–Crippen LogP) is 6.30. The van der Waals surface area contributed by atoms with E-state index in [0.717, 1.165) is 42.8 Å². The van der Waals surface area contributed by atoms with E-state index in [1.807, 2.05) is 48.5 Å². The second-order valence-corrected chi connectivity index (χ2v) is 8.99. The minimum atomic E-state index is -0.238. The van der Waals surface area contributed by atoms with Crippen LogP contribution in [-0.2, 0) is 0 Å². The van der Waals surface area contributed by atoms with E-state index in [-0.39, 0.29) is 17.6 Å². The molecule has 0 radical (unpaired) electrons. The normalized spacial score (nSPS) is 15.7. The van der Waals surface area contributed by atoms with Crippen LogP contribution >= 0.6 is 23.2 Å². The summed E-state index contributed by atoms with van der Waals surface area (Å²) in [6.07, 6.45) is 1.65. The minimum Gasteiger partial charge on any atom is -0.505 e. The number of phenolic OH excluding ortho intramolecular Hbond substituents is 1. The van der Waals surface area contributed by atoms with E-state index in [4.69, 9.17) is 23.2 Å². The number of fused-ring (bicyclic) bond motifs is 1. The van der Waals surface area contributed by atoms with E-state index in [2.05, 4.69) is 14.8 Å². The van der Waals surface area contributed by atoms with Crippen molar-refractivity contribution >= 4 is 39.8 Å². The minimum absolute atomic E-state index is 0.135. The number of nitrogens with zero attached hydrogens (tertiary/aromatic N) is 3. The average molecular weight is 482 g/mol. The average Bonchev–Trinajstić information content (AvgIpc) is 2.84. The van der Waals surface area contributed by atoms with Gasteiger partial charge in [-0.25, -0.2) is 4.39 Å². The Labute approximate surface area is 201 Å². The summed E-state index contributed by atoms with van der Waals surface area (Å²) in [6, 6.07) is 19.5. The summed E-state index contributed by atoms with van der Waals surface area (Å²) < 4.78 is 13.3. The Bertz CT molecular complexity index is 1270. The van der Waals surface area contributed by atoms with Crippen molar-refractivity contribution in [1.29, 1.82) is 0 Å². The van der Waals surface area contributed by atoms with Gasteiger partial charge < -0.3 is 10.0 Å². The highest BCUT2D eigenvalue weighted by molar-refractivity contribution is 6.35. The van der Waals surface area contributed by atoms with Gasteiger partial charge in [0.15, 0.2) is 0 Å². The first kappa shape index (κ1) is 22.0. The number of aromatic hydroxyl groups is 1. The third-order valence-corrected chi connectivity index (χ3v) is 6.76. The highest BCUT2D eigenvalue weighted by Crippen LogP contribution is 2.41. The first-order chi connectivity index (χ1) is 16.0. The zero-order chi connectivity index (χ0) is 22.9. The molecule has 0 unspecified atom stereocenters. The molecule has 168 valence electrons. The quantitative estimate of drug-likeness (QED) is 0.371. The van der Waals surface area contributed by atoms with E-state index in [1.54, 1.807) is 12.3 Å². The summed E-state index contributed by atoms with van der Waals surface area (Å²) in [7, 11) is 0. The zero-order valence-corrected chi connectivity index (χ0v) is 19.3. The maximum Gasteiger partial charge on any atom is 0.147 e. The van der Waals surface area contributed by atoms with Gasteiger partial charge in [-0.1, -0.05) is 35.3 Å². The standard InChI is InChI=1S/C26H22Cl2FN3O/c27-18-5-3-17(4-6-18)25(22-16-23(28)21-2-1-11-30-24(21)26(22)33)32-14-12-31(13-15-32)20-9-7-19(29)8-10-20/h1-11,16,25,33H,12-15H2/t25-/m0/s1. The van der Waals surface area contributed by atoms with Crippen LogP contribution in [0.4, 0.5) is 10.1 Å². The van der Waals surface area contributed by atoms with Crippen LogP contribution in [0, 0.1) is 5.82 Å². The number of benzene rings is 3. The molecule has 4 nitrogen and oxygen atoms in total. The van der Waals surface area contributed by atoms with Crippen molar-refractivity contribution in [3.05, 3.63) is 99.9 Å². The van der Waals surface area contributed by atoms with E-state index in [0.29, 0.717) is 21.1 Å². The number of anilines is 1. The molecule has 1 atom stereocenters. The molecule has 0 saturated carbocycles. The van der Waals surface area contributed by atoms with Crippen LogP contribution in [0.25, 0.3) is 10.9 Å². The van der Waals surface area contributed by atoms with Crippen molar-refractivity contribution in [2.75, 3.05) is 31.1 Å². The van der Waals surface area contributed by atoms with E-state index < -0.39 is 0 Å². The summed E-state index contributed by atoms with van der Waals surface area (Å²) >= 11 is 12.8. The van der Waals surface area contributed by atoms with Gasteiger partial charge in [-0.05, 0) is 60.2 Å². The molecule has 0 amide bonds. The van der Waals surface area contributed by atoms with Crippen LogP contribution in [0.3, 0.4) is 0 Å². The van der Waals surface area contributed by atoms with Gasteiger partial charge in [0.1, 0.15) is 17.1 Å². The Hall–Kier alpha value is -2.86. The predicted molar refractivity (Wildman–Crippen MR) is 132 cm³/mol. The third-order valence-electron chi connectivity index (χ3n) is 6.20. The second-order valence-electron chi connectivity index (χ2n) is 8.15. The summed E-state index contributed by atoms with van der Waals surface area (Å²) in [5.41, 5.74) is 3.21. The molecular formula is C26H22Cl2FN3O. The summed E-state index contributed by atoms with van der Waals surface area (Å²) in [5.74, 6) is -0.103. The summed E-state index contributed by atoms with van der Waals surface area (Å²) in [5, 5.41) is 13.2. The highest BCUT2D eigenvalue weighted by Gasteiger charge is 2.30. The topological polar surface area (TPSA) is 39.6 Å². The lowest BCUT2D eigenvalue weighted by Gasteiger charge is -2.41. The molecule has 33 heavy (non-hydrogen) atoms. The van der Waals surface area contributed by atoms with Gasteiger partial charge in [0, 0.05) is 54.0 Å². The van der Waals surface area contributed by atoms with Gasteiger partial charge in [0.05, 0.1) is 11.1 Å². The largest absolute Gasteiger partial charge is 0.505 e. The Kier molecular flexibility index (Phi) is 6.11. The number of pyridine rings is 1. The van der Waals surface area contributed by atoms with Crippen molar-refractivity contribution in [1.82, 2.24) is 9.88 Å². The Morgan fingerprint density at radius 1 is 0.909 bits per heavy atom. The molecule has 0 bridgehead atoms. The van der Waals surface area contributed by atoms with Gasteiger partial charge in [0.25, 0.3) is 0 Å². The Balaban J connectivity index is 1.52. The molecule has 1 aromatic heterocycles. The van der Waals surface area contributed by atoms with Crippen LogP contribution in [-0.4, -0.2) is 41.2 Å². The number of piperazine rings is 1. The maximum absolute atomic E-state index is 13.3. The van der Waals surface area contributed by atoms with Crippen molar-refractivity contribution < 1.29 is 9.50 Å². The van der Waals surface area contributed by atoms with Crippen LogP contribution in [0.1, 0.15) is 17.2 Å². The fraction of sp³-hybridized carbons (Fsp3) is 0.192. The number of aromatic nitrogens is 1. The molecule has 7 heteroatoms. The molecule has 2 heterocycles. The smallest absolute Gasteiger partial charge is 0.147 e. The van der Waals surface area contributed by atoms with Crippen LogP contribution < -0.4 is 4.90 Å². The zero-order valence-electron chi connectivity index (χ0n) is 17.8. The van der Waals surface area contributed by atoms with E-state index in [9.17, 15) is 9.50 Å². The molecule has 1 aliphatic heterocycles. The Morgan fingerprint density at radius 3 is 2.30 bits per heavy atom. The number of halogens is 3. The molecule has 0 aliphatic carbocycles. The number of phenols is 1. The van der Waals surface area contributed by atoms with Gasteiger partial charge in [-0.15, -0.1) is 0 Å². The second kappa shape index (κ2) is 9.18. The van der Waals surface area contributed by atoms with Gasteiger partial charge in [0.2, 0.25) is 0 Å². The monoisotopic (exact) mass is 481 g/mol. The molecule has 1 N–H and O–H groups in total. The lowest BCUT2D eigenvalue weighted by atomic mass is 9.94. The summed E-state index contributed by atoms with van der Waals surface area (Å²) in [6.45, 7) is 3.05. The fourth-order valence-electron chi connectivity index (χ4n) is 4.54. The van der Waals surface area contributed by atoms with Crippen molar-refractivity contribution in [2.24, 2.45) is 0 Å². The maximum atomic E-state index is 13.3. The third kappa shape index (κ3) is 4.36. The summed E-state index contributed by atoms with van der Waals surface area (Å²) in [4.78, 5) is 8.95. The Morgan fingerprint density at radius 2 is 1.61 bits per heavy atom. The van der Waals surface area contributed by atoms with Gasteiger partial charge in [-0.3, -0.25) is 9.88 Å². The van der Waals surface area contributed by atoms with E-state index >= 15 is 0 Å². The molecule has 4 aromatic rings. The van der Waals surface area contributed by atoms with Crippen LogP contribution in [0.15, 0.2) is 72.9 Å². The van der Waals surface area contributed by atoms with Crippen molar-refractivity contribution in [2.45, 2.75) is 6.04 Å². The molecule has 5 rings (SSSR count). The first-order valence-corrected chi connectivity index (χ1v) is 11.5. The fourth-order valence-corrected chi connectivity index (χ4v) is 4.93. The van der Waals surface area contributed by atoms with E-state index in [1.165, 1.54) is 12.1 Å². The molecule has 1 aliphatic rings. The lowest BCUT2D eigenvalue weighted by Crippen LogP contribution is -2.48.